The van der Waals surface area contributed by atoms with Crippen LogP contribution in [0, 0.1) is 11.8 Å². The number of likely N-dealkylation sites (tertiary alicyclic amines) is 1. The molecule has 0 radical (unpaired) electrons. The zero-order valence-electron chi connectivity index (χ0n) is 19.8. The molecule has 0 unspecified atom stereocenters. The lowest BCUT2D eigenvalue weighted by atomic mass is 9.89. The molecule has 2 amide bonds. The second kappa shape index (κ2) is 13.0. The number of carbonyl (C=O) groups excluding carboxylic acids is 2. The first-order chi connectivity index (χ1) is 16.0. The molecule has 2 fully saturated rings. The standard InChI is InChI=1S/C25H39ClN4O3/c1-33-23-15-22(27)21(26)14-20(23)25(32)29-16-18-10-13-30(17-18)12-7-3-6-11-28-24(31)19-8-4-2-5-9-19/h14-15,18-19H,2-13,16-17,27H2,1H3,(H,28,31)(H,29,32)/t18-/m1/s1. The van der Waals surface area contributed by atoms with Crippen molar-refractivity contribution in [2.45, 2.75) is 57.8 Å². The zero-order valence-corrected chi connectivity index (χ0v) is 20.6. The van der Waals surface area contributed by atoms with E-state index >= 15 is 0 Å². The Morgan fingerprint density at radius 1 is 1.12 bits per heavy atom. The molecule has 0 aromatic heterocycles. The number of halogens is 1. The highest BCUT2D eigenvalue weighted by Crippen LogP contribution is 2.29. The maximum absolute atomic E-state index is 12.6. The van der Waals surface area contributed by atoms with Crippen molar-refractivity contribution in [3.8, 4) is 5.75 Å². The molecule has 1 saturated carbocycles. The van der Waals surface area contributed by atoms with Crippen molar-refractivity contribution in [2.75, 3.05) is 45.6 Å². The van der Waals surface area contributed by atoms with Gasteiger partial charge in [-0.3, -0.25) is 9.59 Å². The van der Waals surface area contributed by atoms with Crippen molar-refractivity contribution in [3.63, 3.8) is 0 Å². The first kappa shape index (κ1) is 25.6. The van der Waals surface area contributed by atoms with Crippen LogP contribution in [0.25, 0.3) is 0 Å². The number of rotatable bonds is 11. The summed E-state index contributed by atoms with van der Waals surface area (Å²) in [6, 6.07) is 3.14. The number of benzene rings is 1. The molecule has 3 rings (SSSR count). The lowest BCUT2D eigenvalue weighted by Gasteiger charge is -2.20. The molecule has 1 saturated heterocycles. The van der Waals surface area contributed by atoms with Crippen LogP contribution in [0.1, 0.15) is 68.1 Å². The van der Waals surface area contributed by atoms with Crippen molar-refractivity contribution in [1.82, 2.24) is 15.5 Å². The van der Waals surface area contributed by atoms with E-state index in [0.717, 1.165) is 64.7 Å². The second-order valence-corrected chi connectivity index (χ2v) is 9.83. The Bertz CT molecular complexity index is 798. The van der Waals surface area contributed by atoms with E-state index in [1.165, 1.54) is 26.4 Å². The van der Waals surface area contributed by atoms with Gasteiger partial charge in [-0.05, 0) is 57.2 Å². The lowest BCUT2D eigenvalue weighted by Crippen LogP contribution is -2.32. The number of amides is 2. The molecule has 0 bridgehead atoms. The highest BCUT2D eigenvalue weighted by Gasteiger charge is 2.24. The molecule has 1 heterocycles. The van der Waals surface area contributed by atoms with E-state index in [1.54, 1.807) is 12.1 Å². The summed E-state index contributed by atoms with van der Waals surface area (Å²) in [7, 11) is 1.51. The van der Waals surface area contributed by atoms with Gasteiger partial charge in [-0.25, -0.2) is 0 Å². The summed E-state index contributed by atoms with van der Waals surface area (Å²) in [5, 5.41) is 6.49. The maximum atomic E-state index is 12.6. The maximum Gasteiger partial charge on any atom is 0.255 e. The molecule has 2 aliphatic rings. The number of ether oxygens (including phenoxy) is 1. The summed E-state index contributed by atoms with van der Waals surface area (Å²) in [5.74, 6) is 1.19. The number of nitrogen functional groups attached to an aromatic ring is 1. The Kier molecular flexibility index (Phi) is 10.1. The zero-order chi connectivity index (χ0) is 23.6. The highest BCUT2D eigenvalue weighted by molar-refractivity contribution is 6.33. The van der Waals surface area contributed by atoms with E-state index in [0.29, 0.717) is 34.5 Å². The van der Waals surface area contributed by atoms with Gasteiger partial charge in [0.05, 0.1) is 23.4 Å². The van der Waals surface area contributed by atoms with Crippen molar-refractivity contribution < 1.29 is 14.3 Å². The summed E-state index contributed by atoms with van der Waals surface area (Å²) in [4.78, 5) is 27.3. The second-order valence-electron chi connectivity index (χ2n) is 9.43. The molecular weight excluding hydrogens is 440 g/mol. The van der Waals surface area contributed by atoms with E-state index in [4.69, 9.17) is 22.1 Å². The minimum Gasteiger partial charge on any atom is -0.496 e. The molecule has 4 N–H and O–H groups in total. The fourth-order valence-electron chi connectivity index (χ4n) is 4.89. The number of hydrogen-bond acceptors (Lipinski definition) is 5. The van der Waals surface area contributed by atoms with E-state index in [9.17, 15) is 9.59 Å². The number of carbonyl (C=O) groups is 2. The molecule has 7 nitrogen and oxygen atoms in total. The van der Waals surface area contributed by atoms with Gasteiger partial charge in [-0.15, -0.1) is 0 Å². The van der Waals surface area contributed by atoms with Gasteiger partial charge in [-0.2, -0.15) is 0 Å². The lowest BCUT2D eigenvalue weighted by molar-refractivity contribution is -0.125. The van der Waals surface area contributed by atoms with Crippen LogP contribution in [0.2, 0.25) is 5.02 Å². The Balaban J connectivity index is 1.27. The third-order valence-corrected chi connectivity index (χ3v) is 7.24. The fourth-order valence-corrected chi connectivity index (χ4v) is 5.05. The van der Waals surface area contributed by atoms with E-state index in [2.05, 4.69) is 15.5 Å². The van der Waals surface area contributed by atoms with Crippen molar-refractivity contribution in [1.29, 1.82) is 0 Å². The number of methoxy groups -OCH3 is 1. The Hall–Kier alpha value is -1.99. The third-order valence-electron chi connectivity index (χ3n) is 6.91. The first-order valence-corrected chi connectivity index (χ1v) is 12.8. The average molecular weight is 479 g/mol. The molecule has 1 aromatic carbocycles. The first-order valence-electron chi connectivity index (χ1n) is 12.4. The molecule has 1 aliphatic heterocycles. The van der Waals surface area contributed by atoms with Gasteiger partial charge in [0.2, 0.25) is 5.91 Å². The molecule has 1 aliphatic carbocycles. The number of nitrogens with zero attached hydrogens (tertiary/aromatic N) is 1. The smallest absolute Gasteiger partial charge is 0.255 e. The molecule has 0 spiro atoms. The van der Waals surface area contributed by atoms with Crippen LogP contribution in [0.3, 0.4) is 0 Å². The Morgan fingerprint density at radius 2 is 1.91 bits per heavy atom. The van der Waals surface area contributed by atoms with Crippen LogP contribution in [-0.2, 0) is 4.79 Å². The molecule has 1 aromatic rings. The van der Waals surface area contributed by atoms with Crippen LogP contribution in [-0.4, -0.2) is 56.5 Å². The van der Waals surface area contributed by atoms with E-state index in [1.807, 2.05) is 0 Å². The molecule has 1 atom stereocenters. The van der Waals surface area contributed by atoms with Gasteiger partial charge in [0.25, 0.3) is 5.91 Å². The minimum atomic E-state index is -0.192. The number of hydrogen-bond donors (Lipinski definition) is 3. The van der Waals surface area contributed by atoms with Crippen molar-refractivity contribution in [2.24, 2.45) is 11.8 Å². The molecule has 8 heteroatoms. The Labute approximate surface area is 202 Å². The van der Waals surface area contributed by atoms with E-state index < -0.39 is 0 Å². The Morgan fingerprint density at radius 3 is 2.67 bits per heavy atom. The molecular formula is C25H39ClN4O3. The van der Waals surface area contributed by atoms with Crippen LogP contribution in [0.15, 0.2) is 12.1 Å². The van der Waals surface area contributed by atoms with Crippen molar-refractivity contribution in [3.05, 3.63) is 22.7 Å². The van der Waals surface area contributed by atoms with Gasteiger partial charge < -0.3 is 26.0 Å². The van der Waals surface area contributed by atoms with Gasteiger partial charge in [0, 0.05) is 31.6 Å². The number of nitrogens with one attached hydrogen (secondary N) is 2. The normalized spacial score (nSPS) is 19.4. The quantitative estimate of drug-likeness (QED) is 0.331. The van der Waals surface area contributed by atoms with E-state index in [-0.39, 0.29) is 17.7 Å². The monoisotopic (exact) mass is 478 g/mol. The number of nitrogens with two attached hydrogens (primary N) is 1. The van der Waals surface area contributed by atoms with Gasteiger partial charge in [0.1, 0.15) is 5.75 Å². The van der Waals surface area contributed by atoms with Gasteiger partial charge in [-0.1, -0.05) is 37.3 Å². The summed E-state index contributed by atoms with van der Waals surface area (Å²) in [6.45, 7) is 4.56. The number of anilines is 1. The summed E-state index contributed by atoms with van der Waals surface area (Å²) >= 11 is 6.08. The third kappa shape index (κ3) is 7.78. The summed E-state index contributed by atoms with van der Waals surface area (Å²) in [5.41, 5.74) is 6.59. The average Bonchev–Trinajstić information content (AvgIpc) is 3.29. The van der Waals surface area contributed by atoms with Crippen molar-refractivity contribution >= 4 is 29.1 Å². The SMILES string of the molecule is COc1cc(N)c(Cl)cc1C(=O)NC[C@H]1CCN(CCCCCNC(=O)C2CCCCC2)C1. The molecule has 33 heavy (non-hydrogen) atoms. The van der Waals surface area contributed by atoms with Gasteiger partial charge >= 0.3 is 0 Å². The highest BCUT2D eigenvalue weighted by atomic mass is 35.5. The topological polar surface area (TPSA) is 96.7 Å². The fraction of sp³-hybridized carbons (Fsp3) is 0.680. The van der Waals surface area contributed by atoms with Crippen LogP contribution < -0.4 is 21.1 Å². The van der Waals surface area contributed by atoms with Crippen LogP contribution in [0.5, 0.6) is 5.75 Å². The number of unbranched alkanes of at least 4 members (excludes halogenated alkanes) is 2. The van der Waals surface area contributed by atoms with Crippen LogP contribution in [0.4, 0.5) is 5.69 Å². The minimum absolute atomic E-state index is 0.192. The molecule has 184 valence electrons. The largest absolute Gasteiger partial charge is 0.496 e. The van der Waals surface area contributed by atoms with Crippen LogP contribution >= 0.6 is 11.6 Å². The predicted octanol–water partition coefficient (Wildman–Crippen LogP) is 3.85. The summed E-state index contributed by atoms with van der Waals surface area (Å²) < 4.78 is 5.28. The summed E-state index contributed by atoms with van der Waals surface area (Å²) in [6.07, 6.45) is 10.2. The van der Waals surface area contributed by atoms with Gasteiger partial charge in [0.15, 0.2) is 0 Å². The predicted molar refractivity (Wildman–Crippen MR) is 133 cm³/mol.